The normalized spacial score (nSPS) is 10.3. The van der Waals surface area contributed by atoms with Gasteiger partial charge in [-0.1, -0.05) is 18.2 Å². The highest BCUT2D eigenvalue weighted by Gasteiger charge is 2.09. The zero-order chi connectivity index (χ0) is 13.1. The van der Waals surface area contributed by atoms with Gasteiger partial charge in [-0.2, -0.15) is 9.77 Å². The van der Waals surface area contributed by atoms with Crippen molar-refractivity contribution in [3.8, 4) is 5.75 Å². The Morgan fingerprint density at radius 1 is 1.50 bits per heavy atom. The van der Waals surface area contributed by atoms with Crippen LogP contribution >= 0.6 is 12.2 Å². The largest absolute Gasteiger partial charge is 0.496 e. The lowest BCUT2D eigenvalue weighted by Crippen LogP contribution is -2.32. The van der Waals surface area contributed by atoms with E-state index in [1.165, 1.54) is 0 Å². The fraction of sp³-hybridized carbons (Fsp3) is 0.182. The highest BCUT2D eigenvalue weighted by atomic mass is 32.1. The molecule has 6 nitrogen and oxygen atoms in total. The topological polar surface area (TPSA) is 85.9 Å². The number of nitrogens with two attached hydrogens (primary N) is 1. The summed E-state index contributed by atoms with van der Waals surface area (Å²) in [5.74, 6) is 6.20. The quantitative estimate of drug-likeness (QED) is 0.627. The van der Waals surface area contributed by atoms with Gasteiger partial charge in [0.05, 0.1) is 7.11 Å². The second kappa shape index (κ2) is 5.01. The molecule has 0 amide bonds. The maximum Gasteiger partial charge on any atom is 0.295 e. The van der Waals surface area contributed by atoms with Crippen molar-refractivity contribution in [1.29, 1.82) is 0 Å². The van der Waals surface area contributed by atoms with Crippen molar-refractivity contribution in [1.82, 2.24) is 14.9 Å². The van der Waals surface area contributed by atoms with Crippen molar-refractivity contribution in [3.05, 3.63) is 50.6 Å². The summed E-state index contributed by atoms with van der Waals surface area (Å²) < 4.78 is 6.17. The molecule has 0 saturated heterocycles. The number of nitrogens with one attached hydrogen (secondary N) is 1. The summed E-state index contributed by atoms with van der Waals surface area (Å²) in [6.45, 7) is 0. The number of aromatic amines is 1. The Morgan fingerprint density at radius 2 is 2.22 bits per heavy atom. The number of rotatable bonds is 3. The van der Waals surface area contributed by atoms with Crippen molar-refractivity contribution in [2.24, 2.45) is 0 Å². The van der Waals surface area contributed by atoms with E-state index in [1.54, 1.807) is 7.11 Å². The average molecular weight is 264 g/mol. The third-order valence-corrected chi connectivity index (χ3v) is 2.81. The first kappa shape index (κ1) is 12.3. The molecule has 0 aliphatic rings. The Balaban J connectivity index is 2.44. The Hall–Kier alpha value is -2.15. The molecule has 18 heavy (non-hydrogen) atoms. The van der Waals surface area contributed by atoms with Gasteiger partial charge in [0.25, 0.3) is 5.56 Å². The Kier molecular flexibility index (Phi) is 3.42. The van der Waals surface area contributed by atoms with E-state index in [-0.39, 0.29) is 10.5 Å². The number of ether oxygens (including phenoxy) is 1. The van der Waals surface area contributed by atoms with Crippen LogP contribution in [0.2, 0.25) is 0 Å². The second-order valence-electron chi connectivity index (χ2n) is 3.64. The molecule has 0 radical (unpaired) electrons. The molecule has 2 rings (SSSR count). The van der Waals surface area contributed by atoms with E-state index in [9.17, 15) is 4.79 Å². The van der Waals surface area contributed by atoms with Crippen molar-refractivity contribution in [2.45, 2.75) is 6.42 Å². The van der Waals surface area contributed by atoms with Crippen LogP contribution in [-0.4, -0.2) is 22.0 Å². The molecule has 0 spiro atoms. The number of H-pyrrole nitrogens is 1. The Bertz CT molecular complexity index is 677. The summed E-state index contributed by atoms with van der Waals surface area (Å²) in [6.07, 6.45) is 0.326. The lowest BCUT2D eigenvalue weighted by Gasteiger charge is -2.07. The SMILES string of the molecule is COc1ccccc1Cc1n[nH]c(=S)n(N)c1=O. The molecule has 0 aliphatic heterocycles. The molecule has 0 saturated carbocycles. The number of nitrogens with zero attached hydrogens (tertiary/aromatic N) is 2. The standard InChI is InChI=1S/C11H12N4O2S/c1-17-9-5-3-2-4-7(9)6-8-10(16)15(12)11(18)14-13-8/h2-5H,6,12H2,1H3,(H,14,18). The van der Waals surface area contributed by atoms with Gasteiger partial charge in [-0.25, -0.2) is 0 Å². The molecule has 1 aromatic carbocycles. The fourth-order valence-corrected chi connectivity index (χ4v) is 1.72. The van der Waals surface area contributed by atoms with E-state index in [0.717, 1.165) is 10.2 Å². The van der Waals surface area contributed by atoms with Crippen LogP contribution in [0.5, 0.6) is 5.75 Å². The van der Waals surface area contributed by atoms with Crippen molar-refractivity contribution < 1.29 is 4.74 Å². The van der Waals surface area contributed by atoms with Crippen LogP contribution in [0, 0.1) is 4.77 Å². The summed E-state index contributed by atoms with van der Waals surface area (Å²) in [5, 5.41) is 6.44. The molecule has 94 valence electrons. The molecule has 0 aliphatic carbocycles. The zero-order valence-corrected chi connectivity index (χ0v) is 10.5. The molecular weight excluding hydrogens is 252 g/mol. The first-order chi connectivity index (χ1) is 8.63. The van der Waals surface area contributed by atoms with Gasteiger partial charge in [-0.3, -0.25) is 9.89 Å². The van der Waals surface area contributed by atoms with Gasteiger partial charge in [0.2, 0.25) is 4.77 Å². The van der Waals surface area contributed by atoms with E-state index in [0.29, 0.717) is 12.2 Å². The Labute approximate surface area is 108 Å². The number of para-hydroxylation sites is 1. The summed E-state index contributed by atoms with van der Waals surface area (Å²) >= 11 is 4.81. The lowest BCUT2D eigenvalue weighted by atomic mass is 10.1. The monoisotopic (exact) mass is 264 g/mol. The molecule has 1 aromatic heterocycles. The highest BCUT2D eigenvalue weighted by molar-refractivity contribution is 7.71. The van der Waals surface area contributed by atoms with E-state index in [1.807, 2.05) is 24.3 Å². The van der Waals surface area contributed by atoms with E-state index in [2.05, 4.69) is 10.2 Å². The smallest absolute Gasteiger partial charge is 0.295 e. The van der Waals surface area contributed by atoms with Crippen LogP contribution in [0.15, 0.2) is 29.1 Å². The number of nitrogen functional groups attached to an aromatic ring is 1. The van der Waals surface area contributed by atoms with Gasteiger partial charge in [0, 0.05) is 12.0 Å². The number of aromatic nitrogens is 3. The maximum absolute atomic E-state index is 11.8. The summed E-state index contributed by atoms with van der Waals surface area (Å²) in [7, 11) is 1.58. The van der Waals surface area contributed by atoms with E-state index in [4.69, 9.17) is 22.8 Å². The minimum absolute atomic E-state index is 0.0868. The third-order valence-electron chi connectivity index (χ3n) is 2.52. The third kappa shape index (κ3) is 2.25. The molecular formula is C11H12N4O2S. The van der Waals surface area contributed by atoms with Gasteiger partial charge in [0.15, 0.2) is 0 Å². The van der Waals surface area contributed by atoms with Crippen LogP contribution in [0.4, 0.5) is 0 Å². The lowest BCUT2D eigenvalue weighted by molar-refractivity contribution is 0.410. The van der Waals surface area contributed by atoms with Gasteiger partial charge < -0.3 is 10.6 Å². The van der Waals surface area contributed by atoms with Crippen molar-refractivity contribution >= 4 is 12.2 Å². The molecule has 0 bridgehead atoms. The van der Waals surface area contributed by atoms with Crippen LogP contribution in [-0.2, 0) is 6.42 Å². The Morgan fingerprint density at radius 3 is 2.94 bits per heavy atom. The fourth-order valence-electron chi connectivity index (χ4n) is 1.59. The molecule has 2 aromatic rings. The predicted octanol–water partition coefficient (Wildman–Crippen LogP) is 0.614. The number of benzene rings is 1. The average Bonchev–Trinajstić information content (AvgIpc) is 2.40. The zero-order valence-electron chi connectivity index (χ0n) is 9.71. The number of hydrogen-bond donors (Lipinski definition) is 2. The van der Waals surface area contributed by atoms with Crippen LogP contribution < -0.4 is 16.1 Å². The summed E-state index contributed by atoms with van der Waals surface area (Å²) in [4.78, 5) is 11.8. The van der Waals surface area contributed by atoms with Crippen LogP contribution in [0.1, 0.15) is 11.3 Å². The molecule has 0 fully saturated rings. The van der Waals surface area contributed by atoms with E-state index >= 15 is 0 Å². The number of methoxy groups -OCH3 is 1. The number of hydrogen-bond acceptors (Lipinski definition) is 5. The molecule has 3 N–H and O–H groups in total. The maximum atomic E-state index is 11.8. The highest BCUT2D eigenvalue weighted by Crippen LogP contribution is 2.18. The molecule has 0 unspecified atom stereocenters. The summed E-state index contributed by atoms with van der Waals surface area (Å²) in [6, 6.07) is 7.41. The second-order valence-corrected chi connectivity index (χ2v) is 4.03. The minimum Gasteiger partial charge on any atom is -0.496 e. The van der Waals surface area contributed by atoms with Crippen LogP contribution in [0.25, 0.3) is 0 Å². The van der Waals surface area contributed by atoms with Gasteiger partial charge in [-0.15, -0.1) is 0 Å². The molecule has 0 atom stereocenters. The van der Waals surface area contributed by atoms with Crippen molar-refractivity contribution in [2.75, 3.05) is 13.0 Å². The van der Waals surface area contributed by atoms with Crippen molar-refractivity contribution in [3.63, 3.8) is 0 Å². The minimum atomic E-state index is -0.412. The van der Waals surface area contributed by atoms with Crippen LogP contribution in [0.3, 0.4) is 0 Å². The summed E-state index contributed by atoms with van der Waals surface area (Å²) in [5.41, 5.74) is 0.732. The molecule has 7 heteroatoms. The van der Waals surface area contributed by atoms with Gasteiger partial charge in [-0.05, 0) is 18.3 Å². The van der Waals surface area contributed by atoms with Gasteiger partial charge >= 0.3 is 0 Å². The molecule has 1 heterocycles. The van der Waals surface area contributed by atoms with E-state index < -0.39 is 5.56 Å². The van der Waals surface area contributed by atoms with Gasteiger partial charge in [0.1, 0.15) is 11.4 Å². The first-order valence-corrected chi connectivity index (χ1v) is 5.62. The predicted molar refractivity (Wildman–Crippen MR) is 69.6 cm³/mol. The first-order valence-electron chi connectivity index (χ1n) is 5.21.